The van der Waals surface area contributed by atoms with Crippen molar-refractivity contribution in [3.8, 4) is 5.75 Å². The first kappa shape index (κ1) is 10.8. The predicted molar refractivity (Wildman–Crippen MR) is 66.1 cm³/mol. The zero-order valence-electron chi connectivity index (χ0n) is 9.93. The Labute approximate surface area is 102 Å². The van der Waals surface area contributed by atoms with Gasteiger partial charge in [0.1, 0.15) is 12.0 Å². The van der Waals surface area contributed by atoms with Gasteiger partial charge in [0, 0.05) is 5.92 Å². The van der Waals surface area contributed by atoms with Crippen molar-refractivity contribution in [2.75, 3.05) is 0 Å². The summed E-state index contributed by atoms with van der Waals surface area (Å²) < 4.78 is 0. The van der Waals surface area contributed by atoms with E-state index in [2.05, 4.69) is 6.07 Å². The van der Waals surface area contributed by atoms with E-state index in [9.17, 15) is 9.90 Å². The maximum absolute atomic E-state index is 10.9. The van der Waals surface area contributed by atoms with Crippen LogP contribution >= 0.6 is 0 Å². The number of rotatable bonds is 1. The third-order valence-electron chi connectivity index (χ3n) is 4.53. The lowest BCUT2D eigenvalue weighted by atomic mass is 9.65. The van der Waals surface area contributed by atoms with Gasteiger partial charge in [-0.3, -0.25) is 0 Å². The SMILES string of the molecule is O=C[C@H]1CC[C@@H]2c3ccc(O)cc3CC[C@H]2C1. The van der Waals surface area contributed by atoms with Crippen LogP contribution in [-0.2, 0) is 11.2 Å². The number of carbonyl (C=O) groups excluding carboxylic acids is 1. The number of fused-ring (bicyclic) bond motifs is 3. The van der Waals surface area contributed by atoms with E-state index in [4.69, 9.17) is 0 Å². The summed E-state index contributed by atoms with van der Waals surface area (Å²) >= 11 is 0. The molecule has 0 aliphatic heterocycles. The van der Waals surface area contributed by atoms with Crippen LogP contribution in [0.4, 0.5) is 0 Å². The number of benzene rings is 1. The van der Waals surface area contributed by atoms with Crippen molar-refractivity contribution < 1.29 is 9.90 Å². The number of phenolic OH excluding ortho intramolecular Hbond substituents is 1. The Morgan fingerprint density at radius 2 is 2.12 bits per heavy atom. The second kappa shape index (κ2) is 4.17. The summed E-state index contributed by atoms with van der Waals surface area (Å²) in [5.74, 6) is 1.96. The normalized spacial score (nSPS) is 31.4. The minimum Gasteiger partial charge on any atom is -0.508 e. The molecule has 0 heterocycles. The molecule has 0 saturated heterocycles. The highest BCUT2D eigenvalue weighted by Crippen LogP contribution is 2.46. The lowest BCUT2D eigenvalue weighted by Crippen LogP contribution is -2.28. The minimum atomic E-state index is 0.287. The lowest BCUT2D eigenvalue weighted by molar-refractivity contribution is -0.112. The van der Waals surface area contributed by atoms with Crippen LogP contribution in [0.5, 0.6) is 5.75 Å². The number of carbonyl (C=O) groups is 1. The summed E-state index contributed by atoms with van der Waals surface area (Å²) in [6.45, 7) is 0. The summed E-state index contributed by atoms with van der Waals surface area (Å²) in [5.41, 5.74) is 2.74. The Hall–Kier alpha value is -1.31. The van der Waals surface area contributed by atoms with Gasteiger partial charge < -0.3 is 9.90 Å². The molecule has 0 spiro atoms. The number of hydrogen-bond donors (Lipinski definition) is 1. The molecule has 1 aromatic carbocycles. The van der Waals surface area contributed by atoms with Crippen LogP contribution in [0.3, 0.4) is 0 Å². The molecule has 0 bridgehead atoms. The second-order valence-corrected chi connectivity index (χ2v) is 5.50. The molecule has 0 aromatic heterocycles. The molecule has 0 amide bonds. The summed E-state index contributed by atoms with van der Waals surface area (Å²) in [5, 5.41) is 9.52. The Balaban J connectivity index is 1.90. The van der Waals surface area contributed by atoms with Crippen LogP contribution in [0, 0.1) is 11.8 Å². The predicted octanol–water partition coefficient (Wildman–Crippen LogP) is 3.04. The van der Waals surface area contributed by atoms with E-state index in [1.807, 2.05) is 6.07 Å². The van der Waals surface area contributed by atoms with E-state index >= 15 is 0 Å². The summed E-state index contributed by atoms with van der Waals surface area (Å²) in [7, 11) is 0. The Kier molecular flexibility index (Phi) is 2.65. The summed E-state index contributed by atoms with van der Waals surface area (Å²) in [6, 6.07) is 5.80. The fraction of sp³-hybridized carbons (Fsp3) is 0.533. The molecule has 2 heteroatoms. The molecule has 90 valence electrons. The number of hydrogen-bond acceptors (Lipinski definition) is 2. The molecule has 2 aliphatic carbocycles. The largest absolute Gasteiger partial charge is 0.508 e. The van der Waals surface area contributed by atoms with Gasteiger partial charge in [-0.25, -0.2) is 0 Å². The zero-order chi connectivity index (χ0) is 11.8. The van der Waals surface area contributed by atoms with Crippen molar-refractivity contribution in [2.24, 2.45) is 11.8 Å². The number of aromatic hydroxyl groups is 1. The number of phenols is 1. The number of aldehydes is 1. The monoisotopic (exact) mass is 230 g/mol. The van der Waals surface area contributed by atoms with Gasteiger partial charge in [-0.1, -0.05) is 6.07 Å². The first-order valence-corrected chi connectivity index (χ1v) is 6.55. The smallest absolute Gasteiger partial charge is 0.123 e. The van der Waals surface area contributed by atoms with Crippen molar-refractivity contribution in [1.29, 1.82) is 0 Å². The van der Waals surface area contributed by atoms with Crippen molar-refractivity contribution in [2.45, 2.75) is 38.0 Å². The van der Waals surface area contributed by atoms with Crippen LogP contribution < -0.4 is 0 Å². The lowest BCUT2D eigenvalue weighted by Gasteiger charge is -2.39. The molecule has 3 rings (SSSR count). The molecule has 0 radical (unpaired) electrons. The van der Waals surface area contributed by atoms with Crippen LogP contribution in [0.25, 0.3) is 0 Å². The second-order valence-electron chi connectivity index (χ2n) is 5.50. The third-order valence-corrected chi connectivity index (χ3v) is 4.53. The highest BCUT2D eigenvalue weighted by atomic mass is 16.3. The van der Waals surface area contributed by atoms with Gasteiger partial charge in [0.15, 0.2) is 0 Å². The van der Waals surface area contributed by atoms with E-state index < -0.39 is 0 Å². The molecule has 1 fully saturated rings. The van der Waals surface area contributed by atoms with Gasteiger partial charge in [0.2, 0.25) is 0 Å². The van der Waals surface area contributed by atoms with Gasteiger partial charge in [-0.15, -0.1) is 0 Å². The van der Waals surface area contributed by atoms with Crippen molar-refractivity contribution in [3.05, 3.63) is 29.3 Å². The highest BCUT2D eigenvalue weighted by Gasteiger charge is 2.34. The Morgan fingerprint density at radius 3 is 2.94 bits per heavy atom. The highest BCUT2D eigenvalue weighted by molar-refractivity contribution is 5.54. The first-order valence-electron chi connectivity index (χ1n) is 6.55. The average Bonchev–Trinajstić information content (AvgIpc) is 2.37. The topological polar surface area (TPSA) is 37.3 Å². The van der Waals surface area contributed by atoms with Gasteiger partial charge in [-0.05, 0) is 67.2 Å². The van der Waals surface area contributed by atoms with E-state index in [-0.39, 0.29) is 5.92 Å². The first-order chi connectivity index (χ1) is 8.28. The molecule has 2 nitrogen and oxygen atoms in total. The van der Waals surface area contributed by atoms with Gasteiger partial charge in [0.05, 0.1) is 0 Å². The van der Waals surface area contributed by atoms with Gasteiger partial charge in [0.25, 0.3) is 0 Å². The molecular formula is C15H18O2. The Bertz CT molecular complexity index is 439. The fourth-order valence-electron chi connectivity index (χ4n) is 3.66. The molecule has 1 saturated carbocycles. The summed E-state index contributed by atoms with van der Waals surface area (Å²) in [6.07, 6.45) is 6.59. The zero-order valence-corrected chi connectivity index (χ0v) is 9.93. The van der Waals surface area contributed by atoms with Gasteiger partial charge in [-0.2, -0.15) is 0 Å². The maximum Gasteiger partial charge on any atom is 0.123 e. The van der Waals surface area contributed by atoms with Crippen LogP contribution in [0.2, 0.25) is 0 Å². The molecular weight excluding hydrogens is 212 g/mol. The summed E-state index contributed by atoms with van der Waals surface area (Å²) in [4.78, 5) is 10.9. The van der Waals surface area contributed by atoms with E-state index in [1.54, 1.807) is 6.07 Å². The molecule has 0 unspecified atom stereocenters. The quantitative estimate of drug-likeness (QED) is 0.753. The van der Waals surface area contributed by atoms with E-state index in [0.29, 0.717) is 17.6 Å². The van der Waals surface area contributed by atoms with E-state index in [1.165, 1.54) is 17.5 Å². The van der Waals surface area contributed by atoms with Crippen molar-refractivity contribution in [1.82, 2.24) is 0 Å². The molecule has 1 aromatic rings. The molecule has 3 atom stereocenters. The third kappa shape index (κ3) is 1.86. The van der Waals surface area contributed by atoms with Crippen LogP contribution in [-0.4, -0.2) is 11.4 Å². The maximum atomic E-state index is 10.9. The standard InChI is InChI=1S/C15H18O2/c16-9-10-1-5-14-11(7-10)2-3-12-8-13(17)4-6-15(12)14/h4,6,8-11,14,17H,1-3,5,7H2/t10-,11-,14-/m0/s1. The molecule has 1 N–H and O–H groups in total. The minimum absolute atomic E-state index is 0.287. The fourth-order valence-corrected chi connectivity index (χ4v) is 3.66. The molecule has 17 heavy (non-hydrogen) atoms. The van der Waals surface area contributed by atoms with E-state index in [0.717, 1.165) is 32.0 Å². The van der Waals surface area contributed by atoms with Crippen LogP contribution in [0.1, 0.15) is 42.7 Å². The van der Waals surface area contributed by atoms with Crippen molar-refractivity contribution >= 4 is 6.29 Å². The Morgan fingerprint density at radius 1 is 1.24 bits per heavy atom. The van der Waals surface area contributed by atoms with Gasteiger partial charge >= 0.3 is 0 Å². The van der Waals surface area contributed by atoms with Crippen LogP contribution in [0.15, 0.2) is 18.2 Å². The van der Waals surface area contributed by atoms with Crippen molar-refractivity contribution in [3.63, 3.8) is 0 Å². The number of aryl methyl sites for hydroxylation is 1. The average molecular weight is 230 g/mol. The molecule has 2 aliphatic rings.